The Labute approximate surface area is 132 Å². The highest BCUT2D eigenvalue weighted by Crippen LogP contribution is 2.03. The molecular formula is C15H27N5O2. The van der Waals surface area contributed by atoms with E-state index in [1.807, 2.05) is 29.5 Å². The lowest BCUT2D eigenvalue weighted by Crippen LogP contribution is -2.52. The van der Waals surface area contributed by atoms with Crippen molar-refractivity contribution in [2.75, 3.05) is 53.0 Å². The lowest BCUT2D eigenvalue weighted by atomic mass is 10.3. The Hall–Kier alpha value is -1.60. The summed E-state index contributed by atoms with van der Waals surface area (Å²) in [5, 5.41) is 7.37. The first-order valence-corrected chi connectivity index (χ1v) is 7.85. The van der Waals surface area contributed by atoms with Crippen LogP contribution in [0.25, 0.3) is 0 Å². The summed E-state index contributed by atoms with van der Waals surface area (Å²) < 4.78 is 7.01. The van der Waals surface area contributed by atoms with Gasteiger partial charge in [0, 0.05) is 52.1 Å². The third kappa shape index (κ3) is 4.71. The first kappa shape index (κ1) is 16.8. The molecule has 7 nitrogen and oxygen atoms in total. The summed E-state index contributed by atoms with van der Waals surface area (Å²) in [5.74, 6) is 0. The van der Waals surface area contributed by atoms with Crippen LogP contribution in [0, 0.1) is 13.8 Å². The van der Waals surface area contributed by atoms with E-state index in [1.165, 1.54) is 0 Å². The molecule has 22 heavy (non-hydrogen) atoms. The van der Waals surface area contributed by atoms with Crippen molar-refractivity contribution in [2.24, 2.45) is 0 Å². The van der Waals surface area contributed by atoms with E-state index in [0.29, 0.717) is 13.1 Å². The maximum absolute atomic E-state index is 12.1. The van der Waals surface area contributed by atoms with Gasteiger partial charge in [0.15, 0.2) is 0 Å². The number of ether oxygens (including phenoxy) is 1. The Morgan fingerprint density at radius 3 is 2.59 bits per heavy atom. The summed E-state index contributed by atoms with van der Waals surface area (Å²) in [6.45, 7) is 10.4. The molecule has 2 amide bonds. The summed E-state index contributed by atoms with van der Waals surface area (Å²) in [7, 11) is 1.71. The molecule has 1 N–H and O–H groups in total. The number of amides is 2. The second kappa shape index (κ2) is 8.14. The Kier molecular flexibility index (Phi) is 6.21. The van der Waals surface area contributed by atoms with Gasteiger partial charge < -0.3 is 15.0 Å². The van der Waals surface area contributed by atoms with Crippen molar-refractivity contribution in [3.8, 4) is 0 Å². The summed E-state index contributed by atoms with van der Waals surface area (Å²) in [5.41, 5.74) is 2.13. The van der Waals surface area contributed by atoms with E-state index in [4.69, 9.17) is 4.74 Å². The van der Waals surface area contributed by atoms with Crippen LogP contribution in [0.5, 0.6) is 0 Å². The molecule has 7 heteroatoms. The van der Waals surface area contributed by atoms with Crippen LogP contribution in [0.2, 0.25) is 0 Å². The van der Waals surface area contributed by atoms with Crippen molar-refractivity contribution in [2.45, 2.75) is 20.4 Å². The Morgan fingerprint density at radius 1 is 1.27 bits per heavy atom. The normalized spacial score (nSPS) is 16.0. The zero-order valence-corrected chi connectivity index (χ0v) is 13.8. The van der Waals surface area contributed by atoms with Crippen LogP contribution >= 0.6 is 0 Å². The van der Waals surface area contributed by atoms with E-state index in [9.17, 15) is 4.79 Å². The van der Waals surface area contributed by atoms with E-state index in [-0.39, 0.29) is 6.03 Å². The quantitative estimate of drug-likeness (QED) is 0.830. The fourth-order valence-corrected chi connectivity index (χ4v) is 2.68. The first-order chi connectivity index (χ1) is 10.6. The topological polar surface area (TPSA) is 62.6 Å². The molecule has 0 radical (unpaired) electrons. The second-order valence-corrected chi connectivity index (χ2v) is 5.70. The van der Waals surface area contributed by atoms with Crippen LogP contribution in [0.1, 0.15) is 11.4 Å². The minimum absolute atomic E-state index is 0.0212. The Balaban J connectivity index is 1.67. The van der Waals surface area contributed by atoms with E-state index in [1.54, 1.807) is 7.11 Å². The van der Waals surface area contributed by atoms with Gasteiger partial charge in [-0.2, -0.15) is 5.10 Å². The average molecular weight is 309 g/mol. The van der Waals surface area contributed by atoms with Crippen molar-refractivity contribution in [1.82, 2.24) is 24.9 Å². The number of aromatic nitrogens is 2. The molecule has 124 valence electrons. The van der Waals surface area contributed by atoms with Crippen LogP contribution in [0.3, 0.4) is 0 Å². The third-order valence-electron chi connectivity index (χ3n) is 3.97. The molecule has 0 atom stereocenters. The summed E-state index contributed by atoms with van der Waals surface area (Å²) in [4.78, 5) is 16.3. The molecule has 0 spiro atoms. The first-order valence-electron chi connectivity index (χ1n) is 7.85. The van der Waals surface area contributed by atoms with Gasteiger partial charge in [-0.3, -0.25) is 9.58 Å². The predicted octanol–water partition coefficient (Wildman–Crippen LogP) is 0.474. The number of methoxy groups -OCH3 is 1. The standard InChI is InChI=1S/C15H27N5O2/c1-13-12-14(2)20(17-13)5-4-16-15(21)19-8-6-18(7-9-19)10-11-22-3/h12H,4-11H2,1-3H3,(H,16,21). The zero-order valence-electron chi connectivity index (χ0n) is 13.8. The van der Waals surface area contributed by atoms with Gasteiger partial charge >= 0.3 is 6.03 Å². The van der Waals surface area contributed by atoms with Gasteiger partial charge in [-0.05, 0) is 19.9 Å². The summed E-state index contributed by atoms with van der Waals surface area (Å²) >= 11 is 0. The molecule has 1 aliphatic heterocycles. The highest BCUT2D eigenvalue weighted by atomic mass is 16.5. The predicted molar refractivity (Wildman–Crippen MR) is 85.0 cm³/mol. The maximum atomic E-state index is 12.1. The second-order valence-electron chi connectivity index (χ2n) is 5.70. The minimum Gasteiger partial charge on any atom is -0.383 e. The fourth-order valence-electron chi connectivity index (χ4n) is 2.68. The minimum atomic E-state index is 0.0212. The maximum Gasteiger partial charge on any atom is 0.317 e. The molecule has 0 bridgehead atoms. The molecule has 0 aliphatic carbocycles. The number of nitrogens with one attached hydrogen (secondary N) is 1. The van der Waals surface area contributed by atoms with E-state index < -0.39 is 0 Å². The van der Waals surface area contributed by atoms with E-state index in [2.05, 4.69) is 15.3 Å². The number of carbonyl (C=O) groups is 1. The monoisotopic (exact) mass is 309 g/mol. The van der Waals surface area contributed by atoms with E-state index >= 15 is 0 Å². The number of nitrogens with zero attached hydrogens (tertiary/aromatic N) is 4. The third-order valence-corrected chi connectivity index (χ3v) is 3.97. The van der Waals surface area contributed by atoms with Crippen LogP contribution in [-0.2, 0) is 11.3 Å². The van der Waals surface area contributed by atoms with Gasteiger partial charge in [-0.25, -0.2) is 4.79 Å². The number of rotatable bonds is 6. The van der Waals surface area contributed by atoms with Crippen LogP contribution in [0.4, 0.5) is 4.79 Å². The largest absolute Gasteiger partial charge is 0.383 e. The van der Waals surface area contributed by atoms with Gasteiger partial charge in [-0.15, -0.1) is 0 Å². The molecule has 1 aromatic heterocycles. The number of hydrogen-bond acceptors (Lipinski definition) is 4. The van der Waals surface area contributed by atoms with Crippen LogP contribution in [-0.4, -0.2) is 78.6 Å². The SMILES string of the molecule is COCCN1CCN(C(=O)NCCn2nc(C)cc2C)CC1. The van der Waals surface area contributed by atoms with Crippen LogP contribution < -0.4 is 5.32 Å². The van der Waals surface area contributed by atoms with Crippen molar-refractivity contribution in [3.63, 3.8) is 0 Å². The molecule has 2 rings (SSSR count). The molecule has 0 unspecified atom stereocenters. The Morgan fingerprint density at radius 2 is 2.00 bits per heavy atom. The number of piperazine rings is 1. The number of urea groups is 1. The van der Waals surface area contributed by atoms with Crippen molar-refractivity contribution >= 4 is 6.03 Å². The number of aryl methyl sites for hydroxylation is 2. The lowest BCUT2D eigenvalue weighted by Gasteiger charge is -2.34. The van der Waals surface area contributed by atoms with E-state index in [0.717, 1.165) is 50.7 Å². The molecule has 1 aliphatic rings. The average Bonchev–Trinajstić information content (AvgIpc) is 2.83. The van der Waals surface area contributed by atoms with Crippen LogP contribution in [0.15, 0.2) is 6.07 Å². The molecule has 1 fully saturated rings. The molecule has 1 saturated heterocycles. The number of hydrogen-bond donors (Lipinski definition) is 1. The Bertz CT molecular complexity index is 480. The highest BCUT2D eigenvalue weighted by molar-refractivity contribution is 5.74. The summed E-state index contributed by atoms with van der Waals surface area (Å²) in [6, 6.07) is 2.06. The lowest BCUT2D eigenvalue weighted by molar-refractivity contribution is 0.106. The zero-order chi connectivity index (χ0) is 15.9. The summed E-state index contributed by atoms with van der Waals surface area (Å²) in [6.07, 6.45) is 0. The fraction of sp³-hybridized carbons (Fsp3) is 0.733. The van der Waals surface area contributed by atoms with Gasteiger partial charge in [0.1, 0.15) is 0 Å². The van der Waals surface area contributed by atoms with Gasteiger partial charge in [0.05, 0.1) is 18.8 Å². The van der Waals surface area contributed by atoms with Gasteiger partial charge in [0.25, 0.3) is 0 Å². The molecule has 2 heterocycles. The molecular weight excluding hydrogens is 282 g/mol. The van der Waals surface area contributed by atoms with Gasteiger partial charge in [-0.1, -0.05) is 0 Å². The smallest absolute Gasteiger partial charge is 0.317 e. The number of carbonyl (C=O) groups excluding carboxylic acids is 1. The molecule has 0 aromatic carbocycles. The van der Waals surface area contributed by atoms with Crippen molar-refractivity contribution < 1.29 is 9.53 Å². The van der Waals surface area contributed by atoms with Crippen molar-refractivity contribution in [1.29, 1.82) is 0 Å². The molecule has 0 saturated carbocycles. The highest BCUT2D eigenvalue weighted by Gasteiger charge is 2.20. The van der Waals surface area contributed by atoms with Gasteiger partial charge in [0.2, 0.25) is 0 Å². The molecule has 1 aromatic rings. The van der Waals surface area contributed by atoms with Crippen molar-refractivity contribution in [3.05, 3.63) is 17.5 Å².